The van der Waals surface area contributed by atoms with E-state index in [2.05, 4.69) is 13.5 Å². The summed E-state index contributed by atoms with van der Waals surface area (Å²) in [7, 11) is 0. The lowest BCUT2D eigenvalue weighted by Gasteiger charge is -2.28. The average molecular weight is 162 g/mol. The zero-order valence-corrected chi connectivity index (χ0v) is 7.17. The molecule has 0 unspecified atom stereocenters. The summed E-state index contributed by atoms with van der Waals surface area (Å²) in [4.78, 5) is 0.00704. The largest absolute Gasteiger partial charge is 0.369 e. The van der Waals surface area contributed by atoms with Crippen LogP contribution in [0.2, 0.25) is 0 Å². The molecule has 0 radical (unpaired) electrons. The molecule has 1 heterocycles. The van der Waals surface area contributed by atoms with Gasteiger partial charge in [-0.15, -0.1) is 0 Å². The number of rotatable bonds is 3. The first kappa shape index (κ1) is 8.09. The zero-order valence-electron chi connectivity index (χ0n) is 6.35. The summed E-state index contributed by atoms with van der Waals surface area (Å²) in [5.74, 6) is 0. The number of allylic oxidation sites excluding steroid dienone is 1. The minimum atomic E-state index is 0.00704. The van der Waals surface area contributed by atoms with Crippen molar-refractivity contribution in [3.8, 4) is 0 Å². The Bertz CT molecular complexity index is 138. The standard InChI is InChI=1S/C8H14ClO/c1-3-7(2)4-8(9)5-10-6-8/h9H,2-6H2,1H3/q+1. The minimum Gasteiger partial charge on any atom is -0.369 e. The van der Waals surface area contributed by atoms with Gasteiger partial charge in [0.15, 0.2) is 0 Å². The van der Waals surface area contributed by atoms with Crippen LogP contribution in [-0.4, -0.2) is 18.1 Å². The third kappa shape index (κ3) is 1.74. The van der Waals surface area contributed by atoms with Crippen LogP contribution in [0.1, 0.15) is 19.8 Å². The maximum Gasteiger partial charge on any atom is 0.238 e. The second-order valence-electron chi connectivity index (χ2n) is 2.96. The number of hydrogen-bond donors (Lipinski definition) is 0. The molecule has 10 heavy (non-hydrogen) atoms. The summed E-state index contributed by atoms with van der Waals surface area (Å²) >= 11 is 5.29. The fourth-order valence-corrected chi connectivity index (χ4v) is 1.38. The summed E-state index contributed by atoms with van der Waals surface area (Å²) in [6.45, 7) is 7.50. The van der Waals surface area contributed by atoms with Gasteiger partial charge in [0.05, 0.1) is 0 Å². The van der Waals surface area contributed by atoms with Gasteiger partial charge in [-0.3, -0.25) is 0 Å². The molecule has 0 N–H and O–H groups in total. The van der Waals surface area contributed by atoms with Crippen LogP contribution in [0.4, 0.5) is 0 Å². The number of halogens is 1. The molecule has 1 saturated heterocycles. The van der Waals surface area contributed by atoms with Gasteiger partial charge in [0.1, 0.15) is 24.8 Å². The van der Waals surface area contributed by atoms with E-state index in [0.29, 0.717) is 0 Å². The van der Waals surface area contributed by atoms with Gasteiger partial charge in [0.2, 0.25) is 4.87 Å². The number of ether oxygens (including phenoxy) is 1. The Labute approximate surface area is 67.0 Å². The normalized spacial score (nSPS) is 21.8. The second kappa shape index (κ2) is 2.93. The van der Waals surface area contributed by atoms with Crippen LogP contribution in [0.3, 0.4) is 0 Å². The van der Waals surface area contributed by atoms with E-state index in [-0.39, 0.29) is 4.87 Å². The van der Waals surface area contributed by atoms with Crippen molar-refractivity contribution >= 4 is 0 Å². The summed E-state index contributed by atoms with van der Waals surface area (Å²) in [6.07, 6.45) is 2.00. The Hall–Kier alpha value is -0.0100. The summed E-state index contributed by atoms with van der Waals surface area (Å²) in [5.41, 5.74) is 1.25. The van der Waals surface area contributed by atoms with E-state index in [1.54, 1.807) is 0 Å². The number of alkyl halides is 1. The van der Waals surface area contributed by atoms with Crippen molar-refractivity contribution in [2.45, 2.75) is 24.6 Å². The lowest BCUT2D eigenvalue weighted by Crippen LogP contribution is -2.47. The van der Waals surface area contributed by atoms with Gasteiger partial charge in [-0.05, 0) is 6.42 Å². The van der Waals surface area contributed by atoms with Crippen LogP contribution < -0.4 is 0 Å². The van der Waals surface area contributed by atoms with E-state index >= 15 is 0 Å². The molecule has 0 aromatic carbocycles. The van der Waals surface area contributed by atoms with Gasteiger partial charge < -0.3 is 4.74 Å². The molecular formula is C8H14ClO+. The lowest BCUT2D eigenvalue weighted by molar-refractivity contribution is -0.523. The Morgan fingerprint density at radius 2 is 2.30 bits per heavy atom. The Morgan fingerprint density at radius 3 is 2.60 bits per heavy atom. The smallest absolute Gasteiger partial charge is 0.238 e. The molecule has 0 aliphatic carbocycles. The van der Waals surface area contributed by atoms with E-state index < -0.39 is 0 Å². The molecule has 58 valence electrons. The average Bonchev–Trinajstić information content (AvgIpc) is 1.84. The third-order valence-electron chi connectivity index (χ3n) is 1.80. The maximum absolute atomic E-state index is 5.29. The van der Waals surface area contributed by atoms with E-state index in [0.717, 1.165) is 26.1 Å². The third-order valence-corrected chi connectivity index (χ3v) is 2.18. The molecule has 0 aromatic rings. The van der Waals surface area contributed by atoms with E-state index in [9.17, 15) is 0 Å². The Morgan fingerprint density at radius 1 is 1.70 bits per heavy atom. The van der Waals surface area contributed by atoms with Crippen LogP contribution in [0.15, 0.2) is 12.2 Å². The highest BCUT2D eigenvalue weighted by atomic mass is 35.5. The summed E-state index contributed by atoms with van der Waals surface area (Å²) in [5, 5.41) is 0. The minimum absolute atomic E-state index is 0.00704. The predicted molar refractivity (Wildman–Crippen MR) is 39.0 cm³/mol. The molecule has 0 atom stereocenters. The number of hydrogen-bond acceptors (Lipinski definition) is 1. The topological polar surface area (TPSA) is 9.23 Å². The quantitative estimate of drug-likeness (QED) is 0.449. The first-order valence-electron chi connectivity index (χ1n) is 3.61. The van der Waals surface area contributed by atoms with Crippen LogP contribution in [0.25, 0.3) is 0 Å². The van der Waals surface area contributed by atoms with Gasteiger partial charge in [0.25, 0.3) is 0 Å². The predicted octanol–water partition coefficient (Wildman–Crippen LogP) is 1.39. The first-order valence-corrected chi connectivity index (χ1v) is 4.02. The molecule has 0 aromatic heterocycles. The van der Waals surface area contributed by atoms with Crippen LogP contribution in [0, 0.1) is 11.6 Å². The Balaban J connectivity index is 2.29. The zero-order chi connectivity index (χ0) is 7.61. The van der Waals surface area contributed by atoms with Crippen molar-refractivity contribution in [2.24, 2.45) is 0 Å². The molecule has 0 saturated carbocycles. The molecule has 0 amide bonds. The SMILES string of the molecule is C=C(CC)CC1([ClH+])COC1. The first-order chi connectivity index (χ1) is 4.66. The van der Waals surface area contributed by atoms with Crippen molar-refractivity contribution in [2.75, 3.05) is 13.2 Å². The molecule has 1 rings (SSSR count). The van der Waals surface area contributed by atoms with Crippen LogP contribution in [-0.2, 0) is 4.74 Å². The fraction of sp³-hybridized carbons (Fsp3) is 0.750. The maximum atomic E-state index is 5.29. The molecule has 2 heteroatoms. The van der Waals surface area contributed by atoms with Crippen molar-refractivity contribution in [3.05, 3.63) is 12.2 Å². The lowest BCUT2D eigenvalue weighted by atomic mass is 9.96. The highest BCUT2D eigenvalue weighted by Gasteiger charge is 2.44. The van der Waals surface area contributed by atoms with Crippen LogP contribution >= 0.6 is 0 Å². The van der Waals surface area contributed by atoms with Gasteiger partial charge in [-0.25, -0.2) is 0 Å². The Kier molecular flexibility index (Phi) is 2.37. The molecule has 1 aliphatic rings. The van der Waals surface area contributed by atoms with Crippen molar-refractivity contribution < 1.29 is 16.3 Å². The molecule has 0 bridgehead atoms. The fourth-order valence-electron chi connectivity index (χ4n) is 1.01. The molecule has 1 fully saturated rings. The summed E-state index contributed by atoms with van der Waals surface area (Å²) < 4.78 is 5.04. The van der Waals surface area contributed by atoms with Crippen molar-refractivity contribution in [1.82, 2.24) is 0 Å². The highest BCUT2D eigenvalue weighted by Crippen LogP contribution is 2.26. The van der Waals surface area contributed by atoms with Gasteiger partial charge >= 0.3 is 0 Å². The monoisotopic (exact) mass is 161 g/mol. The molecular weight excluding hydrogens is 148 g/mol. The van der Waals surface area contributed by atoms with E-state index in [1.165, 1.54) is 5.57 Å². The van der Waals surface area contributed by atoms with E-state index in [4.69, 9.17) is 16.3 Å². The van der Waals surface area contributed by atoms with Gasteiger partial charge in [0, 0.05) is 6.42 Å². The second-order valence-corrected chi connectivity index (χ2v) is 3.82. The van der Waals surface area contributed by atoms with Crippen molar-refractivity contribution in [1.29, 1.82) is 0 Å². The van der Waals surface area contributed by atoms with E-state index in [1.807, 2.05) is 0 Å². The van der Waals surface area contributed by atoms with Crippen LogP contribution in [0.5, 0.6) is 0 Å². The molecule has 1 nitrogen and oxygen atoms in total. The highest BCUT2D eigenvalue weighted by molar-refractivity contribution is 5.02. The van der Waals surface area contributed by atoms with Gasteiger partial charge in [-0.1, -0.05) is 19.1 Å². The van der Waals surface area contributed by atoms with Crippen molar-refractivity contribution in [3.63, 3.8) is 0 Å². The molecule has 0 spiro atoms. The molecule has 1 aliphatic heterocycles. The van der Waals surface area contributed by atoms with Gasteiger partial charge in [-0.2, -0.15) is 0 Å². The summed E-state index contributed by atoms with van der Waals surface area (Å²) in [6, 6.07) is 0.